The molecule has 164 valence electrons. The number of aryl methyl sites for hydroxylation is 2. The van der Waals surface area contributed by atoms with Crippen molar-refractivity contribution in [3.8, 4) is 0 Å². The number of sulfonamides is 1. The normalized spacial score (nSPS) is 15.4. The lowest BCUT2D eigenvalue weighted by molar-refractivity contribution is 0.359. The predicted molar refractivity (Wildman–Crippen MR) is 127 cm³/mol. The van der Waals surface area contributed by atoms with Gasteiger partial charge in [0.2, 0.25) is 10.0 Å². The van der Waals surface area contributed by atoms with Crippen LogP contribution >= 0.6 is 0 Å². The van der Waals surface area contributed by atoms with Crippen LogP contribution in [0.25, 0.3) is 10.8 Å². The predicted octanol–water partition coefficient (Wildman–Crippen LogP) is 5.27. The number of anilines is 1. The van der Waals surface area contributed by atoms with Crippen LogP contribution in [0.1, 0.15) is 42.9 Å². The van der Waals surface area contributed by atoms with Gasteiger partial charge in [-0.1, -0.05) is 36.6 Å². The molecule has 3 aromatic rings. The Hall–Kier alpha value is -2.44. The first-order valence-electron chi connectivity index (χ1n) is 10.9. The molecule has 6 heteroatoms. The van der Waals surface area contributed by atoms with Gasteiger partial charge in [-0.25, -0.2) is 8.42 Å². The summed E-state index contributed by atoms with van der Waals surface area (Å²) in [7, 11) is -1.90. The van der Waals surface area contributed by atoms with E-state index in [4.69, 9.17) is 0 Å². The van der Waals surface area contributed by atoms with Gasteiger partial charge in [-0.2, -0.15) is 4.31 Å². The van der Waals surface area contributed by atoms with Crippen molar-refractivity contribution >= 4 is 26.5 Å². The Bertz CT molecular complexity index is 1200. The average molecular weight is 438 g/mol. The molecule has 1 atom stereocenters. The molecule has 31 heavy (non-hydrogen) atoms. The van der Waals surface area contributed by atoms with Crippen LogP contribution in [0.15, 0.2) is 53.7 Å². The van der Waals surface area contributed by atoms with Gasteiger partial charge in [0, 0.05) is 48.5 Å². The zero-order chi connectivity index (χ0) is 22.2. The average Bonchev–Trinajstić information content (AvgIpc) is 3.56. The number of benzene rings is 2. The third kappa shape index (κ3) is 4.60. The second-order valence-corrected chi connectivity index (χ2v) is 10.8. The van der Waals surface area contributed by atoms with Gasteiger partial charge in [0.15, 0.2) is 0 Å². The van der Waals surface area contributed by atoms with Gasteiger partial charge in [0.05, 0.1) is 4.90 Å². The molecule has 1 heterocycles. The lowest BCUT2D eigenvalue weighted by Gasteiger charge is -2.25. The zero-order valence-corrected chi connectivity index (χ0v) is 19.5. The molecule has 1 saturated carbocycles. The number of aromatic nitrogens is 1. The van der Waals surface area contributed by atoms with Gasteiger partial charge in [0.1, 0.15) is 0 Å². The molecule has 0 spiro atoms. The van der Waals surface area contributed by atoms with Crippen LogP contribution in [0.3, 0.4) is 0 Å². The molecule has 0 radical (unpaired) electrons. The largest absolute Gasteiger partial charge is 0.380 e. The fourth-order valence-electron chi connectivity index (χ4n) is 4.15. The molecule has 1 aliphatic carbocycles. The molecule has 1 fully saturated rings. The summed E-state index contributed by atoms with van der Waals surface area (Å²) in [5, 5.41) is 5.00. The van der Waals surface area contributed by atoms with E-state index in [1.165, 1.54) is 33.8 Å². The molecule has 4 rings (SSSR count). The van der Waals surface area contributed by atoms with Crippen molar-refractivity contribution in [2.45, 2.75) is 57.5 Å². The molecular formula is C25H31N3O2S. The van der Waals surface area contributed by atoms with Gasteiger partial charge < -0.3 is 5.32 Å². The first-order valence-corrected chi connectivity index (χ1v) is 12.4. The molecule has 0 aliphatic heterocycles. The second kappa shape index (κ2) is 8.60. The van der Waals surface area contributed by atoms with Crippen LogP contribution in [0.5, 0.6) is 0 Å². The van der Waals surface area contributed by atoms with Crippen LogP contribution < -0.4 is 5.32 Å². The molecular weight excluding hydrogens is 406 g/mol. The quantitative estimate of drug-likeness (QED) is 0.521. The highest BCUT2D eigenvalue weighted by Gasteiger charge is 2.31. The number of fused-ring (bicyclic) bond motifs is 1. The van der Waals surface area contributed by atoms with Crippen LogP contribution in [-0.4, -0.2) is 30.8 Å². The van der Waals surface area contributed by atoms with Crippen molar-refractivity contribution in [3.05, 3.63) is 65.5 Å². The summed E-state index contributed by atoms with van der Waals surface area (Å²) in [4.78, 5) is 4.60. The van der Waals surface area contributed by atoms with E-state index in [9.17, 15) is 8.42 Å². The van der Waals surface area contributed by atoms with Crippen molar-refractivity contribution in [2.24, 2.45) is 5.92 Å². The Morgan fingerprint density at radius 2 is 1.90 bits per heavy atom. The Kier molecular flexibility index (Phi) is 6.04. The maximum atomic E-state index is 13.4. The first-order chi connectivity index (χ1) is 14.8. The topological polar surface area (TPSA) is 62.3 Å². The number of nitrogens with one attached hydrogen (secondary N) is 1. The van der Waals surface area contributed by atoms with Crippen LogP contribution in [-0.2, 0) is 16.6 Å². The molecule has 5 nitrogen and oxygen atoms in total. The van der Waals surface area contributed by atoms with E-state index in [2.05, 4.69) is 42.3 Å². The molecule has 0 bridgehead atoms. The Morgan fingerprint density at radius 1 is 1.13 bits per heavy atom. The molecule has 1 N–H and O–H groups in total. The van der Waals surface area contributed by atoms with E-state index < -0.39 is 10.0 Å². The molecule has 0 amide bonds. The summed E-state index contributed by atoms with van der Waals surface area (Å²) in [5.74, 6) is 0.672. The van der Waals surface area contributed by atoms with Crippen LogP contribution in [0.4, 0.5) is 5.69 Å². The van der Waals surface area contributed by atoms with Gasteiger partial charge >= 0.3 is 0 Å². The standard InChI is InChI=1S/C25H31N3O2S/c1-17-5-8-21(18(2)13-17)15-27-24-9-10-25(22-11-12-26-16-23(22)24)31(29,30)28(4)19(3)14-20-6-7-20/h5,8-13,16,19-20,27H,6-7,14-15H2,1-4H3. The van der Waals surface area contributed by atoms with E-state index >= 15 is 0 Å². The van der Waals surface area contributed by atoms with E-state index in [0.717, 1.165) is 17.5 Å². The van der Waals surface area contributed by atoms with Gasteiger partial charge in [-0.3, -0.25) is 4.98 Å². The van der Waals surface area contributed by atoms with Crippen LogP contribution in [0, 0.1) is 19.8 Å². The summed E-state index contributed by atoms with van der Waals surface area (Å²) in [6, 6.07) is 11.8. The molecule has 2 aromatic carbocycles. The zero-order valence-electron chi connectivity index (χ0n) is 18.7. The molecule has 0 saturated heterocycles. The minimum atomic E-state index is -3.60. The number of hydrogen-bond donors (Lipinski definition) is 1. The van der Waals surface area contributed by atoms with Crippen molar-refractivity contribution in [1.82, 2.24) is 9.29 Å². The Labute approximate surface area is 185 Å². The number of pyridine rings is 1. The highest BCUT2D eigenvalue weighted by atomic mass is 32.2. The van der Waals surface area contributed by atoms with E-state index in [-0.39, 0.29) is 6.04 Å². The van der Waals surface area contributed by atoms with Crippen LogP contribution in [0.2, 0.25) is 0 Å². The third-order valence-electron chi connectivity index (χ3n) is 6.39. The fraction of sp³-hybridized carbons (Fsp3) is 0.400. The molecule has 1 aromatic heterocycles. The maximum Gasteiger partial charge on any atom is 0.243 e. The summed E-state index contributed by atoms with van der Waals surface area (Å²) in [5.41, 5.74) is 4.58. The van der Waals surface area contributed by atoms with E-state index in [0.29, 0.717) is 22.7 Å². The summed E-state index contributed by atoms with van der Waals surface area (Å²) in [6.45, 7) is 6.86. The van der Waals surface area contributed by atoms with Gasteiger partial charge in [0.25, 0.3) is 0 Å². The minimum Gasteiger partial charge on any atom is -0.380 e. The Balaban J connectivity index is 1.64. The number of hydrogen-bond acceptors (Lipinski definition) is 4. The molecule has 1 aliphatic rings. The fourth-order valence-corrected chi connectivity index (χ4v) is 5.72. The van der Waals surface area contributed by atoms with E-state index in [1.54, 1.807) is 31.6 Å². The van der Waals surface area contributed by atoms with Gasteiger partial charge in [-0.05, 0) is 62.4 Å². The Morgan fingerprint density at radius 3 is 2.61 bits per heavy atom. The van der Waals surface area contributed by atoms with Crippen molar-refractivity contribution in [3.63, 3.8) is 0 Å². The highest BCUT2D eigenvalue weighted by molar-refractivity contribution is 7.89. The minimum absolute atomic E-state index is 0.0169. The van der Waals surface area contributed by atoms with Crippen molar-refractivity contribution in [2.75, 3.05) is 12.4 Å². The van der Waals surface area contributed by atoms with Crippen molar-refractivity contribution in [1.29, 1.82) is 0 Å². The summed E-state index contributed by atoms with van der Waals surface area (Å²) < 4.78 is 28.4. The van der Waals surface area contributed by atoms with Gasteiger partial charge in [-0.15, -0.1) is 0 Å². The molecule has 1 unspecified atom stereocenters. The highest BCUT2D eigenvalue weighted by Crippen LogP contribution is 2.36. The first kappa shape index (κ1) is 21.8. The monoisotopic (exact) mass is 437 g/mol. The summed E-state index contributed by atoms with van der Waals surface area (Å²) in [6.07, 6.45) is 6.75. The smallest absolute Gasteiger partial charge is 0.243 e. The number of nitrogens with zero attached hydrogens (tertiary/aromatic N) is 2. The third-order valence-corrected chi connectivity index (χ3v) is 8.42. The summed E-state index contributed by atoms with van der Waals surface area (Å²) >= 11 is 0. The maximum absolute atomic E-state index is 13.4. The SMILES string of the molecule is Cc1ccc(CNc2ccc(S(=O)(=O)N(C)C(C)CC3CC3)c3ccncc23)c(C)c1. The lowest BCUT2D eigenvalue weighted by Crippen LogP contribution is -2.35. The number of rotatable bonds is 8. The second-order valence-electron chi connectivity index (χ2n) is 8.87. The lowest BCUT2D eigenvalue weighted by atomic mass is 10.1. The van der Waals surface area contributed by atoms with E-state index in [1.807, 2.05) is 13.0 Å². The van der Waals surface area contributed by atoms with Crippen molar-refractivity contribution < 1.29 is 8.42 Å².